The van der Waals surface area contributed by atoms with E-state index in [4.69, 9.17) is 22.1 Å². The van der Waals surface area contributed by atoms with Gasteiger partial charge in [-0.05, 0) is 12.1 Å². The average molecular weight is 329 g/mol. The van der Waals surface area contributed by atoms with Gasteiger partial charge >= 0.3 is 0 Å². The van der Waals surface area contributed by atoms with Gasteiger partial charge in [0.1, 0.15) is 5.75 Å². The fourth-order valence-electron chi connectivity index (χ4n) is 2.62. The van der Waals surface area contributed by atoms with E-state index in [2.05, 4.69) is 4.98 Å². The summed E-state index contributed by atoms with van der Waals surface area (Å²) in [5.74, 6) is -2.36. The van der Waals surface area contributed by atoms with Gasteiger partial charge in [0.05, 0.1) is 17.1 Å². The first-order chi connectivity index (χ1) is 10.4. The fraction of sp³-hybridized carbons (Fsp3) is 0.400. The molecule has 1 fully saturated rings. The fourth-order valence-corrected chi connectivity index (χ4v) is 2.85. The number of hydrogen-bond donors (Lipinski definition) is 2. The van der Waals surface area contributed by atoms with E-state index in [1.165, 1.54) is 0 Å². The Labute approximate surface area is 130 Å². The van der Waals surface area contributed by atoms with E-state index < -0.39 is 5.92 Å². The summed E-state index contributed by atoms with van der Waals surface area (Å²) in [5, 5.41) is 1.11. The summed E-state index contributed by atoms with van der Waals surface area (Å²) in [7, 11) is 0. The van der Waals surface area contributed by atoms with Crippen LogP contribution in [-0.4, -0.2) is 17.5 Å². The highest BCUT2D eigenvalue weighted by Gasteiger charge is 2.45. The van der Waals surface area contributed by atoms with E-state index in [1.807, 2.05) is 0 Å². The van der Waals surface area contributed by atoms with Crippen LogP contribution in [0.15, 0.2) is 23.0 Å². The van der Waals surface area contributed by atoms with Crippen molar-refractivity contribution in [2.45, 2.75) is 25.3 Å². The van der Waals surface area contributed by atoms with Crippen LogP contribution in [0.2, 0.25) is 5.02 Å². The second-order valence-corrected chi connectivity index (χ2v) is 6.05. The largest absolute Gasteiger partial charge is 0.492 e. The van der Waals surface area contributed by atoms with E-state index in [9.17, 15) is 13.6 Å². The van der Waals surface area contributed by atoms with E-state index >= 15 is 0 Å². The molecule has 1 aliphatic carbocycles. The lowest BCUT2D eigenvalue weighted by molar-refractivity contribution is -0.119. The minimum Gasteiger partial charge on any atom is -0.492 e. The van der Waals surface area contributed by atoms with Crippen molar-refractivity contribution in [3.63, 3.8) is 0 Å². The molecule has 0 spiro atoms. The Morgan fingerprint density at radius 2 is 2.09 bits per heavy atom. The lowest BCUT2D eigenvalue weighted by Crippen LogP contribution is -2.38. The SMILES string of the molecule is NCc1cc2cc(Cl)c(OCC3CC(F)(F)C3)cc2[nH]c1=O. The van der Waals surface area contributed by atoms with Gasteiger partial charge in [-0.3, -0.25) is 4.79 Å². The lowest BCUT2D eigenvalue weighted by atomic mass is 9.82. The molecule has 0 aliphatic heterocycles. The first-order valence-corrected chi connectivity index (χ1v) is 7.32. The summed E-state index contributed by atoms with van der Waals surface area (Å²) in [4.78, 5) is 14.5. The highest BCUT2D eigenvalue weighted by molar-refractivity contribution is 6.32. The molecule has 0 saturated heterocycles. The van der Waals surface area contributed by atoms with Crippen molar-refractivity contribution in [2.75, 3.05) is 6.61 Å². The number of rotatable bonds is 4. The van der Waals surface area contributed by atoms with Crippen LogP contribution < -0.4 is 16.0 Å². The molecule has 3 rings (SSSR count). The van der Waals surface area contributed by atoms with Crippen LogP contribution in [-0.2, 0) is 6.54 Å². The zero-order valence-electron chi connectivity index (χ0n) is 11.7. The minimum absolute atomic E-state index is 0.136. The Morgan fingerprint density at radius 3 is 2.73 bits per heavy atom. The number of aromatic amines is 1. The first-order valence-electron chi connectivity index (χ1n) is 6.94. The third kappa shape index (κ3) is 2.94. The standard InChI is InChI=1S/C15H15ClF2N2O2/c16-11-2-9-1-10(6-19)14(21)20-12(9)3-13(11)22-7-8-4-15(17,18)5-8/h1-3,8H,4-7,19H2,(H,20,21). The zero-order chi connectivity index (χ0) is 15.9. The molecule has 2 aromatic rings. The third-order valence-corrected chi connectivity index (χ3v) is 4.14. The number of hydrogen-bond acceptors (Lipinski definition) is 3. The second kappa shape index (κ2) is 5.52. The van der Waals surface area contributed by atoms with Crippen LogP contribution in [0, 0.1) is 5.92 Å². The predicted molar refractivity (Wildman–Crippen MR) is 80.6 cm³/mol. The second-order valence-electron chi connectivity index (χ2n) is 5.64. The summed E-state index contributed by atoms with van der Waals surface area (Å²) in [6, 6.07) is 4.95. The molecule has 0 unspecified atom stereocenters. The first kappa shape index (κ1) is 15.2. The van der Waals surface area contributed by atoms with Crippen molar-refractivity contribution < 1.29 is 13.5 Å². The molecule has 3 N–H and O–H groups in total. The van der Waals surface area contributed by atoms with Crippen molar-refractivity contribution >= 4 is 22.5 Å². The maximum atomic E-state index is 12.8. The van der Waals surface area contributed by atoms with E-state index in [1.54, 1.807) is 18.2 Å². The van der Waals surface area contributed by atoms with Crippen molar-refractivity contribution in [1.82, 2.24) is 4.98 Å². The molecular weight excluding hydrogens is 314 g/mol. The molecule has 1 aliphatic rings. The van der Waals surface area contributed by atoms with Gasteiger partial charge in [-0.1, -0.05) is 11.6 Å². The number of pyridine rings is 1. The Bertz CT molecular complexity index is 768. The Balaban J connectivity index is 1.81. The molecule has 1 heterocycles. The Morgan fingerprint density at radius 1 is 1.36 bits per heavy atom. The van der Waals surface area contributed by atoms with Crippen molar-refractivity contribution in [3.8, 4) is 5.75 Å². The maximum absolute atomic E-state index is 12.8. The zero-order valence-corrected chi connectivity index (χ0v) is 12.4. The molecule has 22 heavy (non-hydrogen) atoms. The summed E-state index contributed by atoms with van der Waals surface area (Å²) in [6.45, 7) is 0.322. The average Bonchev–Trinajstić information content (AvgIpc) is 2.42. The van der Waals surface area contributed by atoms with Gasteiger partial charge in [0, 0.05) is 42.3 Å². The van der Waals surface area contributed by atoms with Crippen LogP contribution in [0.1, 0.15) is 18.4 Å². The van der Waals surface area contributed by atoms with Gasteiger partial charge in [-0.2, -0.15) is 0 Å². The number of nitrogens with one attached hydrogen (secondary N) is 1. The number of nitrogens with two attached hydrogens (primary N) is 1. The molecule has 7 heteroatoms. The molecule has 1 aromatic heterocycles. The van der Waals surface area contributed by atoms with Crippen LogP contribution in [0.25, 0.3) is 10.9 Å². The highest BCUT2D eigenvalue weighted by atomic mass is 35.5. The number of halogens is 3. The number of alkyl halides is 2. The Hall–Kier alpha value is -1.66. The number of H-pyrrole nitrogens is 1. The number of benzene rings is 1. The van der Waals surface area contributed by atoms with E-state index in [0.29, 0.717) is 21.9 Å². The summed E-state index contributed by atoms with van der Waals surface area (Å²) < 4.78 is 31.1. The van der Waals surface area contributed by atoms with Crippen LogP contribution >= 0.6 is 11.6 Å². The summed E-state index contributed by atoms with van der Waals surface area (Å²) in [5.41, 5.74) is 6.27. The molecule has 0 radical (unpaired) electrons. The quantitative estimate of drug-likeness (QED) is 0.906. The van der Waals surface area contributed by atoms with E-state index in [-0.39, 0.29) is 37.5 Å². The van der Waals surface area contributed by atoms with Gasteiger partial charge in [-0.25, -0.2) is 8.78 Å². The van der Waals surface area contributed by atoms with Crippen LogP contribution in [0.3, 0.4) is 0 Å². The molecule has 0 amide bonds. The number of fused-ring (bicyclic) bond motifs is 1. The molecule has 118 valence electrons. The normalized spacial score (nSPS) is 17.5. The minimum atomic E-state index is -2.56. The topological polar surface area (TPSA) is 68.1 Å². The monoisotopic (exact) mass is 328 g/mol. The highest BCUT2D eigenvalue weighted by Crippen LogP contribution is 2.42. The molecular formula is C15H15ClF2N2O2. The van der Waals surface area contributed by atoms with Gasteiger partial charge < -0.3 is 15.5 Å². The number of aromatic nitrogens is 1. The molecule has 1 saturated carbocycles. The Kier molecular flexibility index (Phi) is 3.82. The van der Waals surface area contributed by atoms with Crippen molar-refractivity contribution in [2.24, 2.45) is 11.7 Å². The van der Waals surface area contributed by atoms with Gasteiger partial charge in [-0.15, -0.1) is 0 Å². The van der Waals surface area contributed by atoms with Crippen LogP contribution in [0.4, 0.5) is 8.78 Å². The van der Waals surface area contributed by atoms with Gasteiger partial charge in [0.25, 0.3) is 5.56 Å². The van der Waals surface area contributed by atoms with Crippen LogP contribution in [0.5, 0.6) is 5.75 Å². The summed E-state index contributed by atoms with van der Waals surface area (Å²) >= 11 is 6.14. The molecule has 1 aromatic carbocycles. The lowest BCUT2D eigenvalue weighted by Gasteiger charge is -2.34. The van der Waals surface area contributed by atoms with Crippen molar-refractivity contribution in [3.05, 3.63) is 39.1 Å². The number of ether oxygens (including phenoxy) is 1. The molecule has 4 nitrogen and oxygen atoms in total. The molecule has 0 bridgehead atoms. The predicted octanol–water partition coefficient (Wildman–Crippen LogP) is 3.06. The van der Waals surface area contributed by atoms with Gasteiger partial charge in [0.2, 0.25) is 5.92 Å². The van der Waals surface area contributed by atoms with Gasteiger partial charge in [0.15, 0.2) is 0 Å². The smallest absolute Gasteiger partial charge is 0.252 e. The van der Waals surface area contributed by atoms with Crippen molar-refractivity contribution in [1.29, 1.82) is 0 Å². The van der Waals surface area contributed by atoms with E-state index in [0.717, 1.165) is 5.39 Å². The summed E-state index contributed by atoms with van der Waals surface area (Å²) in [6.07, 6.45) is -0.316. The molecule has 0 atom stereocenters. The maximum Gasteiger partial charge on any atom is 0.252 e. The third-order valence-electron chi connectivity index (χ3n) is 3.84.